The van der Waals surface area contributed by atoms with E-state index in [4.69, 9.17) is 9.47 Å². The van der Waals surface area contributed by atoms with Gasteiger partial charge in [0.15, 0.2) is 0 Å². The summed E-state index contributed by atoms with van der Waals surface area (Å²) in [6.45, 7) is 0.739. The number of nitrogens with one attached hydrogen (secondary N) is 1. The van der Waals surface area contributed by atoms with E-state index in [1.54, 1.807) is 31.4 Å². The second-order valence-corrected chi connectivity index (χ2v) is 5.14. The van der Waals surface area contributed by atoms with Crippen LogP contribution in [0.25, 0.3) is 0 Å². The highest BCUT2D eigenvalue weighted by Crippen LogP contribution is 2.25. The third-order valence-electron chi connectivity index (χ3n) is 2.75. The Morgan fingerprint density at radius 2 is 2.00 bits per heavy atom. The predicted molar refractivity (Wildman–Crippen MR) is 85.6 cm³/mol. The average molecular weight is 368 g/mol. The standard InChI is InChI=1S/C14H14BrN3O4/c1-21-11-2-4-12(5-3-11)22-7-6-16-14-13(18(19)20)8-10(15)9-17-14/h2-5,8-9H,6-7H2,1H3,(H,16,17). The summed E-state index contributed by atoms with van der Waals surface area (Å²) in [6.07, 6.45) is 1.50. The minimum atomic E-state index is -0.482. The molecule has 1 aromatic heterocycles. The van der Waals surface area contributed by atoms with Gasteiger partial charge in [-0.15, -0.1) is 0 Å². The molecule has 2 aromatic rings. The molecule has 2 rings (SSSR count). The van der Waals surface area contributed by atoms with Crippen LogP contribution in [0.3, 0.4) is 0 Å². The van der Waals surface area contributed by atoms with E-state index in [9.17, 15) is 10.1 Å². The number of benzene rings is 1. The minimum Gasteiger partial charge on any atom is -0.497 e. The summed E-state index contributed by atoms with van der Waals surface area (Å²) in [4.78, 5) is 14.5. The average Bonchev–Trinajstić information content (AvgIpc) is 2.53. The molecule has 0 saturated heterocycles. The van der Waals surface area contributed by atoms with E-state index in [1.165, 1.54) is 12.3 Å². The topological polar surface area (TPSA) is 86.5 Å². The van der Waals surface area contributed by atoms with Crippen LogP contribution in [-0.4, -0.2) is 30.2 Å². The summed E-state index contributed by atoms with van der Waals surface area (Å²) < 4.78 is 11.1. The molecule has 1 heterocycles. The Bertz CT molecular complexity index is 649. The quantitative estimate of drug-likeness (QED) is 0.459. The van der Waals surface area contributed by atoms with Gasteiger partial charge in [0.25, 0.3) is 0 Å². The molecule has 1 N–H and O–H groups in total. The van der Waals surface area contributed by atoms with E-state index in [2.05, 4.69) is 26.2 Å². The number of anilines is 1. The van der Waals surface area contributed by atoms with Crippen LogP contribution in [0.4, 0.5) is 11.5 Å². The SMILES string of the molecule is COc1ccc(OCCNc2ncc(Br)cc2[N+](=O)[O-])cc1. The van der Waals surface area contributed by atoms with Gasteiger partial charge in [-0.1, -0.05) is 0 Å². The summed E-state index contributed by atoms with van der Waals surface area (Å²) in [5.74, 6) is 1.66. The lowest BCUT2D eigenvalue weighted by atomic mass is 10.3. The molecule has 22 heavy (non-hydrogen) atoms. The largest absolute Gasteiger partial charge is 0.497 e. The van der Waals surface area contributed by atoms with Crippen molar-refractivity contribution in [2.24, 2.45) is 0 Å². The highest BCUT2D eigenvalue weighted by Gasteiger charge is 2.15. The Kier molecular flexibility index (Phi) is 5.54. The van der Waals surface area contributed by atoms with Crippen LogP contribution in [0.15, 0.2) is 41.0 Å². The lowest BCUT2D eigenvalue weighted by Gasteiger charge is -2.09. The molecule has 0 aliphatic heterocycles. The molecule has 0 atom stereocenters. The van der Waals surface area contributed by atoms with Crippen LogP contribution in [-0.2, 0) is 0 Å². The molecular weight excluding hydrogens is 354 g/mol. The number of halogens is 1. The number of pyridine rings is 1. The smallest absolute Gasteiger partial charge is 0.312 e. The minimum absolute atomic E-state index is 0.0844. The lowest BCUT2D eigenvalue weighted by Crippen LogP contribution is -2.13. The Morgan fingerprint density at radius 1 is 1.32 bits per heavy atom. The van der Waals surface area contributed by atoms with Crippen molar-refractivity contribution < 1.29 is 14.4 Å². The molecule has 0 amide bonds. The van der Waals surface area contributed by atoms with Gasteiger partial charge in [-0.25, -0.2) is 4.98 Å². The number of nitro groups is 1. The van der Waals surface area contributed by atoms with Gasteiger partial charge in [0.1, 0.15) is 18.1 Å². The maximum Gasteiger partial charge on any atom is 0.312 e. The van der Waals surface area contributed by atoms with Crippen molar-refractivity contribution in [3.63, 3.8) is 0 Å². The second-order valence-electron chi connectivity index (χ2n) is 4.23. The molecule has 0 bridgehead atoms. The van der Waals surface area contributed by atoms with Crippen LogP contribution in [0, 0.1) is 10.1 Å². The van der Waals surface area contributed by atoms with Crippen molar-refractivity contribution in [1.82, 2.24) is 4.98 Å². The molecule has 0 aliphatic rings. The fraction of sp³-hybridized carbons (Fsp3) is 0.214. The Morgan fingerprint density at radius 3 is 2.64 bits per heavy atom. The van der Waals surface area contributed by atoms with E-state index in [0.717, 1.165) is 5.75 Å². The lowest BCUT2D eigenvalue weighted by molar-refractivity contribution is -0.384. The van der Waals surface area contributed by atoms with Crippen molar-refractivity contribution in [2.75, 3.05) is 25.6 Å². The number of hydrogen-bond acceptors (Lipinski definition) is 6. The third-order valence-corrected chi connectivity index (χ3v) is 3.19. The third kappa shape index (κ3) is 4.32. The van der Waals surface area contributed by atoms with E-state index in [1.807, 2.05) is 0 Å². The molecule has 1 aromatic carbocycles. The Hall–Kier alpha value is -2.35. The van der Waals surface area contributed by atoms with Gasteiger partial charge in [0.05, 0.1) is 18.6 Å². The molecule has 0 saturated carbocycles. The number of ether oxygens (including phenoxy) is 2. The van der Waals surface area contributed by atoms with Gasteiger partial charge in [0.2, 0.25) is 5.82 Å². The van der Waals surface area contributed by atoms with Crippen LogP contribution in [0.2, 0.25) is 0 Å². The van der Waals surface area contributed by atoms with Crippen molar-refractivity contribution in [3.05, 3.63) is 51.1 Å². The fourth-order valence-corrected chi connectivity index (χ4v) is 2.03. The first-order valence-electron chi connectivity index (χ1n) is 6.41. The summed E-state index contributed by atoms with van der Waals surface area (Å²) in [6, 6.07) is 8.58. The zero-order valence-corrected chi connectivity index (χ0v) is 13.4. The number of methoxy groups -OCH3 is 1. The van der Waals surface area contributed by atoms with Crippen LogP contribution in [0.1, 0.15) is 0 Å². The first-order chi connectivity index (χ1) is 10.6. The second kappa shape index (κ2) is 7.60. The molecular formula is C14H14BrN3O4. The van der Waals surface area contributed by atoms with Crippen molar-refractivity contribution >= 4 is 27.4 Å². The highest BCUT2D eigenvalue weighted by atomic mass is 79.9. The predicted octanol–water partition coefficient (Wildman–Crippen LogP) is 3.25. The number of nitrogens with zero attached hydrogens (tertiary/aromatic N) is 2. The van der Waals surface area contributed by atoms with Crippen LogP contribution >= 0.6 is 15.9 Å². The van der Waals surface area contributed by atoms with Crippen molar-refractivity contribution in [1.29, 1.82) is 0 Å². The summed E-state index contributed by atoms with van der Waals surface area (Å²) in [5.41, 5.74) is -0.0844. The number of aromatic nitrogens is 1. The molecule has 7 nitrogen and oxygen atoms in total. The molecule has 0 spiro atoms. The van der Waals surface area contributed by atoms with Crippen molar-refractivity contribution in [3.8, 4) is 11.5 Å². The summed E-state index contributed by atoms with van der Waals surface area (Å²) in [5, 5.41) is 13.8. The van der Waals surface area contributed by atoms with E-state index >= 15 is 0 Å². The van der Waals surface area contributed by atoms with Crippen LogP contribution < -0.4 is 14.8 Å². The monoisotopic (exact) mass is 367 g/mol. The number of rotatable bonds is 7. The van der Waals surface area contributed by atoms with Crippen molar-refractivity contribution in [2.45, 2.75) is 0 Å². The highest BCUT2D eigenvalue weighted by molar-refractivity contribution is 9.10. The fourth-order valence-electron chi connectivity index (χ4n) is 1.71. The van der Waals surface area contributed by atoms with Gasteiger partial charge >= 0.3 is 5.69 Å². The Labute approximate surface area is 135 Å². The molecule has 116 valence electrons. The van der Waals surface area contributed by atoms with Gasteiger partial charge in [-0.05, 0) is 40.2 Å². The maximum absolute atomic E-state index is 11.0. The molecule has 0 aliphatic carbocycles. The maximum atomic E-state index is 11.0. The molecule has 0 radical (unpaired) electrons. The van der Waals surface area contributed by atoms with Crippen LogP contribution in [0.5, 0.6) is 11.5 Å². The molecule has 0 unspecified atom stereocenters. The van der Waals surface area contributed by atoms with E-state index in [-0.39, 0.29) is 11.5 Å². The van der Waals surface area contributed by atoms with E-state index < -0.39 is 4.92 Å². The van der Waals surface area contributed by atoms with Gasteiger partial charge in [-0.3, -0.25) is 10.1 Å². The first-order valence-corrected chi connectivity index (χ1v) is 7.20. The first kappa shape index (κ1) is 16.0. The zero-order valence-electron chi connectivity index (χ0n) is 11.8. The molecule has 0 fully saturated rings. The number of hydrogen-bond donors (Lipinski definition) is 1. The summed E-state index contributed by atoms with van der Waals surface area (Å²) in [7, 11) is 1.60. The summed E-state index contributed by atoms with van der Waals surface area (Å²) >= 11 is 3.16. The Balaban J connectivity index is 1.87. The molecule has 8 heteroatoms. The normalized spacial score (nSPS) is 10.1. The van der Waals surface area contributed by atoms with Gasteiger partial charge in [-0.2, -0.15) is 0 Å². The van der Waals surface area contributed by atoms with Gasteiger partial charge < -0.3 is 14.8 Å². The van der Waals surface area contributed by atoms with Gasteiger partial charge in [0, 0.05) is 16.7 Å². The zero-order chi connectivity index (χ0) is 15.9. The van der Waals surface area contributed by atoms with E-state index in [0.29, 0.717) is 23.4 Å².